The summed E-state index contributed by atoms with van der Waals surface area (Å²) in [4.78, 5) is 29.6. The Hall–Kier alpha value is -2.80. The van der Waals surface area contributed by atoms with Gasteiger partial charge in [-0.3, -0.25) is 14.5 Å². The van der Waals surface area contributed by atoms with E-state index >= 15 is 0 Å². The van der Waals surface area contributed by atoms with Gasteiger partial charge in [-0.15, -0.1) is 0 Å². The first-order valence-corrected chi connectivity index (χ1v) is 11.9. The van der Waals surface area contributed by atoms with Crippen LogP contribution in [0.1, 0.15) is 50.3 Å². The van der Waals surface area contributed by atoms with Gasteiger partial charge in [0.25, 0.3) is 0 Å². The summed E-state index contributed by atoms with van der Waals surface area (Å²) in [7, 11) is 0. The fraction of sp³-hybridized carbons (Fsp3) is 0.520. The molecular weight excluding hydrogens is 404 g/mol. The van der Waals surface area contributed by atoms with Crippen LogP contribution < -0.4 is 15.5 Å². The summed E-state index contributed by atoms with van der Waals surface area (Å²) in [5, 5.41) is 5.78. The van der Waals surface area contributed by atoms with Crippen LogP contribution in [-0.4, -0.2) is 55.5 Å². The predicted molar refractivity (Wildman–Crippen MR) is 124 cm³/mol. The molecule has 2 N–H and O–H groups in total. The van der Waals surface area contributed by atoms with E-state index < -0.39 is 11.8 Å². The van der Waals surface area contributed by atoms with Crippen molar-refractivity contribution in [2.45, 2.75) is 50.6 Å². The Balaban J connectivity index is 1.31. The Morgan fingerprint density at radius 1 is 0.906 bits per heavy atom. The number of nitrogens with one attached hydrogen (secondary N) is 2. The van der Waals surface area contributed by atoms with Gasteiger partial charge in [-0.25, -0.2) is 0 Å². The zero-order valence-corrected chi connectivity index (χ0v) is 18.7. The van der Waals surface area contributed by atoms with Crippen LogP contribution in [0.2, 0.25) is 0 Å². The van der Waals surface area contributed by atoms with E-state index in [0.29, 0.717) is 6.54 Å². The van der Waals surface area contributed by atoms with Gasteiger partial charge in [0.15, 0.2) is 0 Å². The standard InChI is InChI=1S/C25H34N4O3/c30-24(25(31)27-20-9-4-1-2-5-10-20)26-19-22(23-13-8-18-32-23)29-16-14-28(15-17-29)21-11-6-3-7-12-21/h3,6-8,11-13,18,20,22H,1-2,4-5,9-10,14-17,19H2,(H,26,30)(H,27,31)/t22-/m0/s1. The molecule has 0 bridgehead atoms. The minimum atomic E-state index is -0.561. The zero-order chi connectivity index (χ0) is 22.2. The molecule has 7 nitrogen and oxygen atoms in total. The summed E-state index contributed by atoms with van der Waals surface area (Å²) in [6, 6.07) is 14.2. The van der Waals surface area contributed by atoms with Gasteiger partial charge in [0.2, 0.25) is 0 Å². The quantitative estimate of drug-likeness (QED) is 0.535. The highest BCUT2D eigenvalue weighted by Gasteiger charge is 2.28. The zero-order valence-electron chi connectivity index (χ0n) is 18.7. The van der Waals surface area contributed by atoms with Crippen LogP contribution in [0.4, 0.5) is 5.69 Å². The number of anilines is 1. The SMILES string of the molecule is O=C(NC[C@@H](c1ccco1)N1CCN(c2ccccc2)CC1)C(=O)NC1CCCCCC1. The number of rotatable bonds is 6. The largest absolute Gasteiger partial charge is 0.468 e. The lowest BCUT2D eigenvalue weighted by Crippen LogP contribution is -2.51. The van der Waals surface area contributed by atoms with Gasteiger partial charge in [0.05, 0.1) is 12.3 Å². The second-order valence-electron chi connectivity index (χ2n) is 8.76. The third-order valence-corrected chi connectivity index (χ3v) is 6.60. The van der Waals surface area contributed by atoms with Crippen molar-refractivity contribution in [3.63, 3.8) is 0 Å². The normalized spacial score (nSPS) is 19.2. The number of carbonyl (C=O) groups is 2. The van der Waals surface area contributed by atoms with Crippen LogP contribution >= 0.6 is 0 Å². The molecule has 1 saturated heterocycles. The van der Waals surface area contributed by atoms with Crippen LogP contribution in [0.25, 0.3) is 0 Å². The number of carbonyl (C=O) groups excluding carboxylic acids is 2. The summed E-state index contributed by atoms with van der Waals surface area (Å²) >= 11 is 0. The Kier molecular flexibility index (Phi) is 7.82. The monoisotopic (exact) mass is 438 g/mol. The fourth-order valence-electron chi connectivity index (χ4n) is 4.77. The Bertz CT molecular complexity index is 839. The lowest BCUT2D eigenvalue weighted by Gasteiger charge is -2.39. The number of benzene rings is 1. The minimum absolute atomic E-state index is 0.0995. The van der Waals surface area contributed by atoms with Gasteiger partial charge in [0, 0.05) is 44.5 Å². The van der Waals surface area contributed by atoms with Crippen molar-refractivity contribution in [1.82, 2.24) is 15.5 Å². The molecule has 4 rings (SSSR count). The number of hydrogen-bond acceptors (Lipinski definition) is 5. The Morgan fingerprint density at radius 3 is 2.28 bits per heavy atom. The Labute approximate surface area is 190 Å². The van der Waals surface area contributed by atoms with Crippen molar-refractivity contribution < 1.29 is 14.0 Å². The smallest absolute Gasteiger partial charge is 0.309 e. The average molecular weight is 439 g/mol. The first-order valence-electron chi connectivity index (χ1n) is 11.9. The van der Waals surface area contributed by atoms with E-state index in [-0.39, 0.29) is 12.1 Å². The fourth-order valence-corrected chi connectivity index (χ4v) is 4.77. The lowest BCUT2D eigenvalue weighted by atomic mass is 10.1. The maximum Gasteiger partial charge on any atom is 0.309 e. The summed E-state index contributed by atoms with van der Waals surface area (Å²) in [6.45, 7) is 3.85. The van der Waals surface area contributed by atoms with E-state index in [0.717, 1.165) is 57.6 Å². The molecule has 1 aromatic heterocycles. The molecule has 7 heteroatoms. The number of amides is 2. The van der Waals surface area contributed by atoms with Crippen LogP contribution in [-0.2, 0) is 9.59 Å². The first kappa shape index (κ1) is 22.4. The van der Waals surface area contributed by atoms with Gasteiger partial charge in [-0.2, -0.15) is 0 Å². The molecular formula is C25H34N4O3. The summed E-state index contributed by atoms with van der Waals surface area (Å²) in [6.07, 6.45) is 8.22. The third kappa shape index (κ3) is 5.91. The van der Waals surface area contributed by atoms with E-state index in [1.807, 2.05) is 18.2 Å². The van der Waals surface area contributed by atoms with Crippen molar-refractivity contribution >= 4 is 17.5 Å². The molecule has 0 unspecified atom stereocenters. The van der Waals surface area contributed by atoms with Crippen LogP contribution in [0, 0.1) is 0 Å². The van der Waals surface area contributed by atoms with Gasteiger partial charge in [-0.05, 0) is 37.1 Å². The number of piperazine rings is 1. The van der Waals surface area contributed by atoms with E-state index in [2.05, 4.69) is 44.7 Å². The second kappa shape index (κ2) is 11.2. The molecule has 0 radical (unpaired) electrons. The molecule has 1 aliphatic heterocycles. The predicted octanol–water partition coefficient (Wildman–Crippen LogP) is 3.10. The second-order valence-corrected chi connectivity index (χ2v) is 8.76. The van der Waals surface area contributed by atoms with Gasteiger partial charge in [-0.1, -0.05) is 43.9 Å². The van der Waals surface area contributed by atoms with Crippen LogP contribution in [0.5, 0.6) is 0 Å². The van der Waals surface area contributed by atoms with Crippen LogP contribution in [0.15, 0.2) is 53.1 Å². The summed E-state index contributed by atoms with van der Waals surface area (Å²) < 4.78 is 5.68. The van der Waals surface area contributed by atoms with Crippen molar-refractivity contribution in [1.29, 1.82) is 0 Å². The molecule has 2 heterocycles. The maximum absolute atomic E-state index is 12.5. The van der Waals surface area contributed by atoms with Crippen molar-refractivity contribution in [3.8, 4) is 0 Å². The Morgan fingerprint density at radius 2 is 1.62 bits per heavy atom. The molecule has 32 heavy (non-hydrogen) atoms. The molecule has 2 fully saturated rings. The summed E-state index contributed by atoms with van der Waals surface area (Å²) in [5.41, 5.74) is 1.23. The van der Waals surface area contributed by atoms with Crippen molar-refractivity contribution in [2.75, 3.05) is 37.6 Å². The van der Waals surface area contributed by atoms with Gasteiger partial charge in [0.1, 0.15) is 5.76 Å². The molecule has 1 saturated carbocycles. The minimum Gasteiger partial charge on any atom is -0.468 e. The molecule has 1 aromatic carbocycles. The highest BCUT2D eigenvalue weighted by atomic mass is 16.3. The van der Waals surface area contributed by atoms with E-state index in [9.17, 15) is 9.59 Å². The molecule has 1 atom stereocenters. The number of para-hydroxylation sites is 1. The number of hydrogen-bond donors (Lipinski definition) is 2. The number of nitrogens with zero attached hydrogens (tertiary/aromatic N) is 2. The molecule has 172 valence electrons. The van der Waals surface area contributed by atoms with Crippen molar-refractivity contribution in [3.05, 3.63) is 54.5 Å². The van der Waals surface area contributed by atoms with E-state index in [1.54, 1.807) is 6.26 Å². The van der Waals surface area contributed by atoms with E-state index in [1.165, 1.54) is 18.5 Å². The third-order valence-electron chi connectivity index (χ3n) is 6.60. The molecule has 2 aromatic rings. The molecule has 1 aliphatic carbocycles. The topological polar surface area (TPSA) is 77.8 Å². The summed E-state index contributed by atoms with van der Waals surface area (Å²) in [5.74, 6) is -0.277. The molecule has 0 spiro atoms. The average Bonchev–Trinajstić information content (AvgIpc) is 3.24. The van der Waals surface area contributed by atoms with Gasteiger partial charge >= 0.3 is 11.8 Å². The molecule has 2 amide bonds. The lowest BCUT2D eigenvalue weighted by molar-refractivity contribution is -0.139. The van der Waals surface area contributed by atoms with Gasteiger partial charge < -0.3 is 20.0 Å². The highest BCUT2D eigenvalue weighted by molar-refractivity contribution is 6.35. The van der Waals surface area contributed by atoms with Crippen molar-refractivity contribution in [2.24, 2.45) is 0 Å². The highest BCUT2D eigenvalue weighted by Crippen LogP contribution is 2.24. The maximum atomic E-state index is 12.5. The van der Waals surface area contributed by atoms with Crippen LogP contribution in [0.3, 0.4) is 0 Å². The number of furan rings is 1. The first-order chi connectivity index (χ1) is 15.7. The molecule has 2 aliphatic rings. The van der Waals surface area contributed by atoms with E-state index in [4.69, 9.17) is 4.42 Å².